The van der Waals surface area contributed by atoms with Gasteiger partial charge in [-0.1, -0.05) is 12.5 Å². The number of benzene rings is 1. The van der Waals surface area contributed by atoms with Gasteiger partial charge in [0.15, 0.2) is 0 Å². The van der Waals surface area contributed by atoms with Gasteiger partial charge in [0.05, 0.1) is 14.2 Å². The molecule has 21 heavy (non-hydrogen) atoms. The number of hydrogen-bond acceptors (Lipinski definition) is 4. The van der Waals surface area contributed by atoms with Crippen LogP contribution in [0.5, 0.6) is 11.5 Å². The van der Waals surface area contributed by atoms with Gasteiger partial charge in [-0.15, -0.1) is 0 Å². The van der Waals surface area contributed by atoms with Gasteiger partial charge >= 0.3 is 0 Å². The van der Waals surface area contributed by atoms with Gasteiger partial charge in [0.25, 0.3) is 0 Å². The van der Waals surface area contributed by atoms with Crippen LogP contribution in [-0.2, 0) is 0 Å². The molecule has 0 radical (unpaired) electrons. The van der Waals surface area contributed by atoms with Crippen LogP contribution in [0.3, 0.4) is 0 Å². The maximum atomic E-state index is 5.51. The van der Waals surface area contributed by atoms with Crippen LogP contribution in [0.15, 0.2) is 18.2 Å². The van der Waals surface area contributed by atoms with Crippen molar-refractivity contribution in [1.29, 1.82) is 0 Å². The Hall–Kier alpha value is -1.26. The Kier molecular flexibility index (Phi) is 5.48. The molecule has 0 amide bonds. The summed E-state index contributed by atoms with van der Waals surface area (Å²) in [6.07, 6.45) is 3.83. The lowest BCUT2D eigenvalue weighted by Crippen LogP contribution is -2.52. The number of hydrogen-bond donors (Lipinski definition) is 1. The van der Waals surface area contributed by atoms with Crippen LogP contribution in [0, 0.1) is 0 Å². The summed E-state index contributed by atoms with van der Waals surface area (Å²) < 4.78 is 10.8. The molecule has 0 bridgehead atoms. The second-order valence-electron chi connectivity index (χ2n) is 5.99. The topological polar surface area (TPSA) is 33.7 Å². The van der Waals surface area contributed by atoms with Gasteiger partial charge in [0.2, 0.25) is 0 Å². The van der Waals surface area contributed by atoms with Crippen molar-refractivity contribution in [3.05, 3.63) is 23.8 Å². The van der Waals surface area contributed by atoms with E-state index in [1.54, 1.807) is 14.2 Å². The number of hydrazine groups is 1. The highest BCUT2D eigenvalue weighted by Gasteiger charge is 2.26. The minimum absolute atomic E-state index is 0.203. The molecule has 1 aliphatic heterocycles. The average molecular weight is 292 g/mol. The fraction of sp³-hybridized carbons (Fsp3) is 0.647. The molecular formula is C17H28N2O2. The standard InChI is InChI=1S/C17H28N2O2/c1-12-7-6-8-13(2)19(12)18-14(3)16-10-9-15(20-4)11-17(16)21-5/h9-14,18H,6-8H2,1-5H3. The van der Waals surface area contributed by atoms with Crippen molar-refractivity contribution < 1.29 is 9.47 Å². The zero-order chi connectivity index (χ0) is 15.4. The van der Waals surface area contributed by atoms with E-state index in [1.807, 2.05) is 12.1 Å². The summed E-state index contributed by atoms with van der Waals surface area (Å²) in [6.45, 7) is 6.76. The molecule has 1 heterocycles. The summed E-state index contributed by atoms with van der Waals surface area (Å²) in [7, 11) is 3.38. The van der Waals surface area contributed by atoms with Crippen molar-refractivity contribution in [2.45, 2.75) is 58.2 Å². The summed E-state index contributed by atoms with van der Waals surface area (Å²) in [6, 6.07) is 7.35. The van der Waals surface area contributed by atoms with Crippen molar-refractivity contribution in [2.75, 3.05) is 14.2 Å². The van der Waals surface area contributed by atoms with Gasteiger partial charge in [-0.2, -0.15) is 0 Å². The van der Waals surface area contributed by atoms with Gasteiger partial charge in [-0.3, -0.25) is 0 Å². The number of piperidine rings is 1. The van der Waals surface area contributed by atoms with Crippen LogP contribution in [0.4, 0.5) is 0 Å². The Balaban J connectivity index is 2.14. The van der Waals surface area contributed by atoms with E-state index < -0.39 is 0 Å². The van der Waals surface area contributed by atoms with Crippen LogP contribution >= 0.6 is 0 Å². The van der Waals surface area contributed by atoms with Gasteiger partial charge in [-0.25, -0.2) is 10.4 Å². The Labute approximate surface area is 128 Å². The first-order chi connectivity index (χ1) is 10.1. The summed E-state index contributed by atoms with van der Waals surface area (Å²) in [5.41, 5.74) is 4.82. The van der Waals surface area contributed by atoms with Gasteiger partial charge in [0.1, 0.15) is 11.5 Å². The molecule has 1 fully saturated rings. The molecule has 4 heteroatoms. The fourth-order valence-corrected chi connectivity index (χ4v) is 3.15. The third kappa shape index (κ3) is 3.69. The van der Waals surface area contributed by atoms with Crippen molar-refractivity contribution in [2.24, 2.45) is 0 Å². The first kappa shape index (κ1) is 16.1. The highest BCUT2D eigenvalue weighted by molar-refractivity contribution is 5.42. The molecule has 1 aromatic rings. The van der Waals surface area contributed by atoms with E-state index in [2.05, 4.69) is 37.3 Å². The highest BCUT2D eigenvalue weighted by atomic mass is 16.5. The number of nitrogens with zero attached hydrogens (tertiary/aromatic N) is 1. The minimum atomic E-state index is 0.203. The predicted octanol–water partition coefficient (Wildman–Crippen LogP) is 3.53. The molecule has 0 aliphatic carbocycles. The van der Waals surface area contributed by atoms with E-state index >= 15 is 0 Å². The lowest BCUT2D eigenvalue weighted by atomic mass is 9.99. The van der Waals surface area contributed by atoms with E-state index in [9.17, 15) is 0 Å². The summed E-state index contributed by atoms with van der Waals surface area (Å²) in [5, 5.41) is 2.40. The Morgan fingerprint density at radius 1 is 1.14 bits per heavy atom. The summed E-state index contributed by atoms with van der Waals surface area (Å²) in [4.78, 5) is 0. The molecule has 1 saturated heterocycles. The van der Waals surface area contributed by atoms with E-state index in [4.69, 9.17) is 9.47 Å². The molecular weight excluding hydrogens is 264 g/mol. The van der Waals surface area contributed by atoms with E-state index in [-0.39, 0.29) is 6.04 Å². The molecule has 118 valence electrons. The van der Waals surface area contributed by atoms with E-state index in [0.717, 1.165) is 17.1 Å². The molecule has 1 N–H and O–H groups in total. The van der Waals surface area contributed by atoms with Gasteiger partial charge in [0, 0.05) is 29.8 Å². The minimum Gasteiger partial charge on any atom is -0.497 e. The zero-order valence-electron chi connectivity index (χ0n) is 13.8. The van der Waals surface area contributed by atoms with Crippen LogP contribution in [0.2, 0.25) is 0 Å². The maximum absolute atomic E-state index is 5.51. The SMILES string of the molecule is COc1ccc(C(C)NN2C(C)CCCC2C)c(OC)c1. The van der Waals surface area contributed by atoms with Crippen molar-refractivity contribution in [1.82, 2.24) is 10.4 Å². The van der Waals surface area contributed by atoms with Crippen LogP contribution in [-0.4, -0.2) is 31.3 Å². The van der Waals surface area contributed by atoms with Gasteiger partial charge in [-0.05, 0) is 39.7 Å². The number of nitrogens with one attached hydrogen (secondary N) is 1. The Morgan fingerprint density at radius 2 is 1.81 bits per heavy atom. The molecule has 2 rings (SSSR count). The Bertz CT molecular complexity index is 454. The molecule has 3 unspecified atom stereocenters. The van der Waals surface area contributed by atoms with Crippen LogP contribution in [0.1, 0.15) is 51.6 Å². The van der Waals surface area contributed by atoms with E-state index in [1.165, 1.54) is 19.3 Å². The predicted molar refractivity (Wildman–Crippen MR) is 85.7 cm³/mol. The smallest absolute Gasteiger partial charge is 0.127 e. The first-order valence-electron chi connectivity index (χ1n) is 7.83. The summed E-state index contributed by atoms with van der Waals surface area (Å²) >= 11 is 0. The largest absolute Gasteiger partial charge is 0.497 e. The quantitative estimate of drug-likeness (QED) is 0.900. The highest BCUT2D eigenvalue weighted by Crippen LogP contribution is 2.30. The van der Waals surface area contributed by atoms with Crippen LogP contribution in [0.25, 0.3) is 0 Å². The second kappa shape index (κ2) is 7.14. The zero-order valence-corrected chi connectivity index (χ0v) is 13.8. The molecule has 4 nitrogen and oxygen atoms in total. The first-order valence-corrected chi connectivity index (χ1v) is 7.83. The molecule has 0 saturated carbocycles. The molecule has 3 atom stereocenters. The molecule has 1 aromatic carbocycles. The second-order valence-corrected chi connectivity index (χ2v) is 5.99. The molecule has 1 aliphatic rings. The molecule has 0 spiro atoms. The van der Waals surface area contributed by atoms with E-state index in [0.29, 0.717) is 12.1 Å². The number of rotatable bonds is 5. The monoisotopic (exact) mass is 292 g/mol. The lowest BCUT2D eigenvalue weighted by molar-refractivity contribution is 0.0316. The van der Waals surface area contributed by atoms with Crippen molar-refractivity contribution >= 4 is 0 Å². The normalized spacial score (nSPS) is 24.6. The fourth-order valence-electron chi connectivity index (χ4n) is 3.15. The van der Waals surface area contributed by atoms with Crippen molar-refractivity contribution in [3.8, 4) is 11.5 Å². The Morgan fingerprint density at radius 3 is 2.38 bits per heavy atom. The van der Waals surface area contributed by atoms with Crippen LogP contribution < -0.4 is 14.9 Å². The third-order valence-electron chi connectivity index (χ3n) is 4.44. The lowest BCUT2D eigenvalue weighted by Gasteiger charge is -2.41. The maximum Gasteiger partial charge on any atom is 0.127 e. The number of ether oxygens (including phenoxy) is 2. The van der Waals surface area contributed by atoms with Crippen molar-refractivity contribution in [3.63, 3.8) is 0 Å². The third-order valence-corrected chi connectivity index (χ3v) is 4.44. The number of methoxy groups -OCH3 is 2. The molecule has 0 aromatic heterocycles. The van der Waals surface area contributed by atoms with Gasteiger partial charge < -0.3 is 9.47 Å². The average Bonchev–Trinajstić information content (AvgIpc) is 2.50. The summed E-state index contributed by atoms with van der Waals surface area (Å²) in [5.74, 6) is 1.69.